The Kier molecular flexibility index (Phi) is 13.3. The standard InChI is InChI=1S/C7H16O3.C7H8S.C2H6/c1-6(8)10-5-7(2,3)9-4;1-6-2-4-7(8)5-3-6;1-2/h6,8H,5H2,1-4H3;2-5,8H,1H3;1-2H3. The number of aliphatic hydroxyl groups excluding tert-OH is 1. The molecule has 4 heteroatoms. The number of thiol groups is 1. The Balaban J connectivity index is 0. The predicted octanol–water partition coefficient (Wildman–Crippen LogP) is 4.08. The molecule has 0 aliphatic rings. The van der Waals surface area contributed by atoms with Crippen LogP contribution in [0.1, 0.15) is 40.2 Å². The molecule has 0 amide bonds. The number of rotatable bonds is 4. The average molecular weight is 302 g/mol. The lowest BCUT2D eigenvalue weighted by Crippen LogP contribution is -2.31. The summed E-state index contributed by atoms with van der Waals surface area (Å²) in [4.78, 5) is 1.02. The van der Waals surface area contributed by atoms with E-state index in [1.165, 1.54) is 5.56 Å². The molecule has 1 unspecified atom stereocenters. The molecule has 0 spiro atoms. The lowest BCUT2D eigenvalue weighted by atomic mass is 10.1. The average Bonchev–Trinajstić information content (AvgIpc) is 2.43. The van der Waals surface area contributed by atoms with Gasteiger partial charge in [-0.25, -0.2) is 0 Å². The second kappa shape index (κ2) is 12.2. The first-order valence-electron chi connectivity index (χ1n) is 6.87. The summed E-state index contributed by atoms with van der Waals surface area (Å²) in [6, 6.07) is 8.06. The number of aryl methyl sites for hydroxylation is 1. The maximum Gasteiger partial charge on any atom is 0.151 e. The predicted molar refractivity (Wildman–Crippen MR) is 88.5 cm³/mol. The zero-order valence-electron chi connectivity index (χ0n) is 13.8. The van der Waals surface area contributed by atoms with Crippen LogP contribution in [0.15, 0.2) is 29.2 Å². The second-order valence-corrected chi connectivity index (χ2v) is 5.23. The first-order valence-corrected chi connectivity index (χ1v) is 7.32. The van der Waals surface area contributed by atoms with Crippen LogP contribution in [0.5, 0.6) is 0 Å². The Morgan fingerprint density at radius 3 is 1.95 bits per heavy atom. The molecule has 0 saturated carbocycles. The van der Waals surface area contributed by atoms with E-state index >= 15 is 0 Å². The number of aliphatic hydroxyl groups is 1. The molecule has 0 heterocycles. The van der Waals surface area contributed by atoms with Crippen LogP contribution in [0, 0.1) is 6.92 Å². The molecule has 0 fully saturated rings. The molecule has 118 valence electrons. The Morgan fingerprint density at radius 1 is 1.20 bits per heavy atom. The molecule has 1 aromatic carbocycles. The highest BCUT2D eigenvalue weighted by Crippen LogP contribution is 2.08. The molecule has 3 nitrogen and oxygen atoms in total. The molecule has 1 aromatic rings. The zero-order valence-corrected chi connectivity index (χ0v) is 14.7. The van der Waals surface area contributed by atoms with Gasteiger partial charge in [-0.05, 0) is 39.8 Å². The molecule has 1 N–H and O–H groups in total. The highest BCUT2D eigenvalue weighted by molar-refractivity contribution is 7.80. The van der Waals surface area contributed by atoms with Gasteiger partial charge in [0.2, 0.25) is 0 Å². The van der Waals surface area contributed by atoms with Crippen molar-refractivity contribution < 1.29 is 14.6 Å². The maximum atomic E-state index is 8.73. The molecule has 20 heavy (non-hydrogen) atoms. The smallest absolute Gasteiger partial charge is 0.151 e. The summed E-state index contributed by atoms with van der Waals surface area (Å²) in [7, 11) is 1.62. The van der Waals surface area contributed by atoms with Crippen molar-refractivity contribution in [2.24, 2.45) is 0 Å². The van der Waals surface area contributed by atoms with Gasteiger partial charge in [-0.2, -0.15) is 0 Å². The van der Waals surface area contributed by atoms with E-state index in [0.717, 1.165) is 4.90 Å². The lowest BCUT2D eigenvalue weighted by molar-refractivity contribution is -0.138. The Morgan fingerprint density at radius 2 is 1.65 bits per heavy atom. The Labute approximate surface area is 129 Å². The zero-order chi connectivity index (χ0) is 16.2. The summed E-state index contributed by atoms with van der Waals surface area (Å²) < 4.78 is 9.98. The minimum atomic E-state index is -0.713. The molecular weight excluding hydrogens is 272 g/mol. The van der Waals surface area contributed by atoms with E-state index < -0.39 is 6.29 Å². The minimum absolute atomic E-state index is 0.309. The minimum Gasteiger partial charge on any atom is -0.376 e. The molecule has 1 rings (SSSR count). The quantitative estimate of drug-likeness (QED) is 0.650. The van der Waals surface area contributed by atoms with Crippen molar-refractivity contribution in [2.75, 3.05) is 13.7 Å². The lowest BCUT2D eigenvalue weighted by Gasteiger charge is -2.23. The topological polar surface area (TPSA) is 38.7 Å². The summed E-state index contributed by atoms with van der Waals surface area (Å²) in [5, 5.41) is 8.73. The third-order valence-corrected chi connectivity index (χ3v) is 2.56. The van der Waals surface area contributed by atoms with Crippen LogP contribution in [0.3, 0.4) is 0 Å². The van der Waals surface area contributed by atoms with E-state index in [1.54, 1.807) is 14.0 Å². The summed E-state index contributed by atoms with van der Waals surface area (Å²) in [5.74, 6) is 0. The second-order valence-electron chi connectivity index (χ2n) is 4.71. The van der Waals surface area contributed by atoms with Gasteiger partial charge in [0.25, 0.3) is 0 Å². The van der Waals surface area contributed by atoms with Gasteiger partial charge in [0, 0.05) is 12.0 Å². The van der Waals surface area contributed by atoms with Crippen LogP contribution in [0.25, 0.3) is 0 Å². The summed E-state index contributed by atoms with van der Waals surface area (Å²) in [6.07, 6.45) is -0.713. The fourth-order valence-electron chi connectivity index (χ4n) is 0.925. The van der Waals surface area contributed by atoms with E-state index in [1.807, 2.05) is 52.0 Å². The number of hydrogen-bond acceptors (Lipinski definition) is 4. The van der Waals surface area contributed by atoms with Crippen LogP contribution < -0.4 is 0 Å². The number of methoxy groups -OCH3 is 1. The van der Waals surface area contributed by atoms with E-state index in [-0.39, 0.29) is 5.60 Å². The van der Waals surface area contributed by atoms with Crippen LogP contribution in [0.2, 0.25) is 0 Å². The SMILES string of the molecule is CC.COC(C)(C)COC(C)O.Cc1ccc(S)cc1. The first kappa shape index (κ1) is 21.7. The van der Waals surface area contributed by atoms with Crippen molar-refractivity contribution in [3.05, 3.63) is 29.8 Å². The van der Waals surface area contributed by atoms with Gasteiger partial charge in [0.05, 0.1) is 12.2 Å². The van der Waals surface area contributed by atoms with Gasteiger partial charge in [0.15, 0.2) is 6.29 Å². The van der Waals surface area contributed by atoms with E-state index in [0.29, 0.717) is 6.61 Å². The van der Waals surface area contributed by atoms with Crippen LogP contribution in [0.4, 0.5) is 0 Å². The Bertz CT molecular complexity index is 300. The van der Waals surface area contributed by atoms with E-state index in [4.69, 9.17) is 14.6 Å². The van der Waals surface area contributed by atoms with Crippen molar-refractivity contribution in [3.8, 4) is 0 Å². The van der Waals surface area contributed by atoms with Gasteiger partial charge in [-0.1, -0.05) is 31.5 Å². The summed E-state index contributed by atoms with van der Waals surface area (Å²) >= 11 is 4.13. The number of ether oxygens (including phenoxy) is 2. The highest BCUT2D eigenvalue weighted by Gasteiger charge is 2.16. The largest absolute Gasteiger partial charge is 0.376 e. The molecular formula is C16H30O3S. The monoisotopic (exact) mass is 302 g/mol. The number of benzene rings is 1. The molecule has 0 aliphatic heterocycles. The van der Waals surface area contributed by atoms with Gasteiger partial charge in [0.1, 0.15) is 0 Å². The van der Waals surface area contributed by atoms with Crippen molar-refractivity contribution in [2.45, 2.75) is 58.3 Å². The van der Waals surface area contributed by atoms with Gasteiger partial charge >= 0.3 is 0 Å². The van der Waals surface area contributed by atoms with Crippen molar-refractivity contribution >= 4 is 12.6 Å². The van der Waals surface area contributed by atoms with E-state index in [2.05, 4.69) is 19.6 Å². The number of hydrogen-bond donors (Lipinski definition) is 2. The summed E-state index contributed by atoms with van der Waals surface area (Å²) in [5.41, 5.74) is 0.972. The van der Waals surface area contributed by atoms with E-state index in [9.17, 15) is 0 Å². The maximum absolute atomic E-state index is 8.73. The molecule has 1 atom stereocenters. The molecule has 0 bridgehead atoms. The van der Waals surface area contributed by atoms with Crippen molar-refractivity contribution in [3.63, 3.8) is 0 Å². The fourth-order valence-corrected chi connectivity index (χ4v) is 1.07. The van der Waals surface area contributed by atoms with Crippen molar-refractivity contribution in [1.82, 2.24) is 0 Å². The Hall–Kier alpha value is -0.550. The molecule has 0 radical (unpaired) electrons. The molecule has 0 aromatic heterocycles. The van der Waals surface area contributed by atoms with Crippen LogP contribution >= 0.6 is 12.6 Å². The molecule has 0 saturated heterocycles. The van der Waals surface area contributed by atoms with Gasteiger partial charge in [-0.3, -0.25) is 0 Å². The first-order chi connectivity index (χ1) is 9.26. The van der Waals surface area contributed by atoms with Gasteiger partial charge < -0.3 is 14.6 Å². The summed E-state index contributed by atoms with van der Waals surface area (Å²) in [6.45, 7) is 11.8. The third kappa shape index (κ3) is 13.9. The normalized spacial score (nSPS) is 11.7. The van der Waals surface area contributed by atoms with Crippen molar-refractivity contribution in [1.29, 1.82) is 0 Å². The molecule has 0 aliphatic carbocycles. The fraction of sp³-hybridized carbons (Fsp3) is 0.625. The third-order valence-electron chi connectivity index (χ3n) is 2.26. The van der Waals surface area contributed by atoms with Crippen LogP contribution in [-0.2, 0) is 9.47 Å². The van der Waals surface area contributed by atoms with Crippen LogP contribution in [-0.4, -0.2) is 30.7 Å². The highest BCUT2D eigenvalue weighted by atomic mass is 32.1. The van der Waals surface area contributed by atoms with Gasteiger partial charge in [-0.15, -0.1) is 12.6 Å².